The van der Waals surface area contributed by atoms with Gasteiger partial charge >= 0.3 is 6.03 Å². The largest absolute Gasteiger partial charge is 0.338 e. The third kappa shape index (κ3) is 3.42. The normalized spacial score (nSPS) is 20.3. The molecule has 1 aliphatic rings. The fraction of sp³-hybridized carbons (Fsp3) is 0.800. The van der Waals surface area contributed by atoms with Crippen LogP contribution < -0.4 is 10.7 Å². The van der Waals surface area contributed by atoms with Crippen molar-refractivity contribution in [2.24, 2.45) is 4.99 Å². The van der Waals surface area contributed by atoms with Gasteiger partial charge < -0.3 is 5.32 Å². The number of carbonyl (C=O) groups excluding carboxylic acids is 1. The van der Waals surface area contributed by atoms with Gasteiger partial charge in [0, 0.05) is 5.54 Å². The number of nitrogens with one attached hydrogen (secondary N) is 2. The van der Waals surface area contributed by atoms with E-state index in [1.807, 2.05) is 20.8 Å². The smallest absolute Gasteiger partial charge is 0.332 e. The SMILES string of the molecule is CCCC1N=CNN1C(=O)NC(C)(C)C. The van der Waals surface area contributed by atoms with E-state index in [0.29, 0.717) is 0 Å². The molecule has 5 heteroatoms. The van der Waals surface area contributed by atoms with E-state index in [1.54, 1.807) is 6.34 Å². The lowest BCUT2D eigenvalue weighted by Gasteiger charge is -2.28. The molecular weight excluding hydrogens is 192 g/mol. The van der Waals surface area contributed by atoms with Gasteiger partial charge in [-0.15, -0.1) is 0 Å². The molecule has 0 bridgehead atoms. The van der Waals surface area contributed by atoms with Gasteiger partial charge in [0.2, 0.25) is 0 Å². The Morgan fingerprint density at radius 1 is 1.60 bits per heavy atom. The number of hydrogen-bond donors (Lipinski definition) is 2. The van der Waals surface area contributed by atoms with Crippen LogP contribution in [0, 0.1) is 0 Å². The Morgan fingerprint density at radius 3 is 2.80 bits per heavy atom. The average Bonchev–Trinajstić information content (AvgIpc) is 2.49. The quantitative estimate of drug-likeness (QED) is 0.728. The first kappa shape index (κ1) is 11.8. The van der Waals surface area contributed by atoms with Gasteiger partial charge in [-0.05, 0) is 27.2 Å². The molecule has 86 valence electrons. The number of hydrogen-bond acceptors (Lipinski definition) is 3. The zero-order valence-corrected chi connectivity index (χ0v) is 9.87. The van der Waals surface area contributed by atoms with Crippen LogP contribution in [0.1, 0.15) is 40.5 Å². The van der Waals surface area contributed by atoms with Crippen LogP contribution in [-0.4, -0.2) is 29.1 Å². The zero-order valence-electron chi connectivity index (χ0n) is 9.87. The van der Waals surface area contributed by atoms with E-state index >= 15 is 0 Å². The lowest BCUT2D eigenvalue weighted by Crippen LogP contribution is -2.53. The van der Waals surface area contributed by atoms with Crippen LogP contribution in [-0.2, 0) is 0 Å². The summed E-state index contributed by atoms with van der Waals surface area (Å²) in [6, 6.07) is -0.126. The zero-order chi connectivity index (χ0) is 11.5. The summed E-state index contributed by atoms with van der Waals surface area (Å²) < 4.78 is 0. The Bertz CT molecular complexity index is 257. The van der Waals surface area contributed by atoms with Gasteiger partial charge in [-0.3, -0.25) is 5.43 Å². The topological polar surface area (TPSA) is 56.7 Å². The molecule has 1 rings (SSSR count). The van der Waals surface area contributed by atoms with Crippen molar-refractivity contribution in [3.63, 3.8) is 0 Å². The highest BCUT2D eigenvalue weighted by molar-refractivity contribution is 5.78. The predicted molar refractivity (Wildman–Crippen MR) is 60.4 cm³/mol. The third-order valence-corrected chi connectivity index (χ3v) is 1.99. The highest BCUT2D eigenvalue weighted by atomic mass is 16.2. The Hall–Kier alpha value is -1.26. The highest BCUT2D eigenvalue weighted by Crippen LogP contribution is 2.11. The molecule has 0 saturated heterocycles. The lowest BCUT2D eigenvalue weighted by atomic mass is 10.1. The fourth-order valence-electron chi connectivity index (χ4n) is 1.37. The summed E-state index contributed by atoms with van der Waals surface area (Å²) in [6.45, 7) is 7.94. The third-order valence-electron chi connectivity index (χ3n) is 1.99. The minimum atomic E-state index is -0.224. The van der Waals surface area contributed by atoms with E-state index in [0.717, 1.165) is 12.8 Å². The summed E-state index contributed by atoms with van der Waals surface area (Å²) in [4.78, 5) is 16.0. The van der Waals surface area contributed by atoms with Crippen molar-refractivity contribution in [3.05, 3.63) is 0 Å². The maximum absolute atomic E-state index is 11.8. The summed E-state index contributed by atoms with van der Waals surface area (Å²) in [6.07, 6.45) is 3.38. The van der Waals surface area contributed by atoms with E-state index in [9.17, 15) is 4.79 Å². The summed E-state index contributed by atoms with van der Waals surface area (Å²) in [5.41, 5.74) is 2.62. The molecule has 0 saturated carbocycles. The van der Waals surface area contributed by atoms with Crippen LogP contribution in [0.2, 0.25) is 0 Å². The number of carbonyl (C=O) groups is 1. The molecule has 15 heavy (non-hydrogen) atoms. The van der Waals surface area contributed by atoms with Gasteiger partial charge in [-0.2, -0.15) is 0 Å². The van der Waals surface area contributed by atoms with Gasteiger partial charge in [0.05, 0.1) is 0 Å². The van der Waals surface area contributed by atoms with Crippen LogP contribution in [0.4, 0.5) is 4.79 Å². The predicted octanol–water partition coefficient (Wildman–Crippen LogP) is 1.47. The van der Waals surface area contributed by atoms with Crippen LogP contribution in [0.5, 0.6) is 0 Å². The molecule has 2 amide bonds. The van der Waals surface area contributed by atoms with Crippen molar-refractivity contribution in [2.45, 2.75) is 52.2 Å². The Labute approximate surface area is 90.9 Å². The summed E-state index contributed by atoms with van der Waals surface area (Å²) in [5, 5.41) is 4.43. The van der Waals surface area contributed by atoms with Crippen molar-refractivity contribution >= 4 is 12.4 Å². The second-order valence-electron chi connectivity index (χ2n) is 4.73. The van der Waals surface area contributed by atoms with Crippen molar-refractivity contribution in [2.75, 3.05) is 0 Å². The molecule has 2 N–H and O–H groups in total. The number of amides is 2. The number of aliphatic imine (C=N–C) groups is 1. The molecule has 0 spiro atoms. The number of rotatable bonds is 2. The second kappa shape index (κ2) is 4.51. The fourth-order valence-corrected chi connectivity index (χ4v) is 1.37. The first-order chi connectivity index (χ1) is 6.94. The maximum Gasteiger partial charge on any atom is 0.338 e. The standard InChI is InChI=1S/C10H20N4O/c1-5-6-8-11-7-12-14(8)9(15)13-10(2,3)4/h7-8H,5-6H2,1-4H3,(H,11,12)(H,13,15). The van der Waals surface area contributed by atoms with E-state index in [-0.39, 0.29) is 17.7 Å². The first-order valence-corrected chi connectivity index (χ1v) is 5.33. The lowest BCUT2D eigenvalue weighted by molar-refractivity contribution is 0.159. The minimum absolute atomic E-state index is 0.0719. The molecule has 5 nitrogen and oxygen atoms in total. The van der Waals surface area contributed by atoms with Crippen LogP contribution >= 0.6 is 0 Å². The average molecular weight is 212 g/mol. The molecule has 0 aromatic carbocycles. The molecule has 0 aromatic heterocycles. The first-order valence-electron chi connectivity index (χ1n) is 5.33. The Balaban J connectivity index is 2.53. The minimum Gasteiger partial charge on any atom is -0.332 e. The van der Waals surface area contributed by atoms with Crippen molar-refractivity contribution in [1.82, 2.24) is 15.8 Å². The van der Waals surface area contributed by atoms with Crippen molar-refractivity contribution in [1.29, 1.82) is 0 Å². The molecule has 1 heterocycles. The van der Waals surface area contributed by atoms with Gasteiger partial charge in [-0.1, -0.05) is 13.3 Å². The van der Waals surface area contributed by atoms with Crippen molar-refractivity contribution < 1.29 is 4.79 Å². The van der Waals surface area contributed by atoms with E-state index < -0.39 is 0 Å². The van der Waals surface area contributed by atoms with Crippen LogP contribution in [0.3, 0.4) is 0 Å². The number of nitrogens with zero attached hydrogens (tertiary/aromatic N) is 2. The van der Waals surface area contributed by atoms with Crippen LogP contribution in [0.15, 0.2) is 4.99 Å². The highest BCUT2D eigenvalue weighted by Gasteiger charge is 2.27. The van der Waals surface area contributed by atoms with Crippen LogP contribution in [0.25, 0.3) is 0 Å². The molecule has 1 atom stereocenters. The molecule has 0 aliphatic carbocycles. The second-order valence-corrected chi connectivity index (χ2v) is 4.73. The van der Waals surface area contributed by atoms with E-state index in [2.05, 4.69) is 22.7 Å². The molecule has 1 unspecified atom stereocenters. The summed E-state index contributed by atoms with van der Waals surface area (Å²) >= 11 is 0. The summed E-state index contributed by atoms with van der Waals surface area (Å²) in [5.74, 6) is 0. The molecule has 0 fully saturated rings. The molecule has 0 aromatic rings. The van der Waals surface area contributed by atoms with E-state index in [4.69, 9.17) is 0 Å². The van der Waals surface area contributed by atoms with Gasteiger partial charge in [0.1, 0.15) is 12.5 Å². The monoisotopic (exact) mass is 212 g/mol. The van der Waals surface area contributed by atoms with E-state index in [1.165, 1.54) is 5.01 Å². The Morgan fingerprint density at radius 2 is 2.27 bits per heavy atom. The number of urea groups is 1. The molecular formula is C10H20N4O. The summed E-state index contributed by atoms with van der Waals surface area (Å²) in [7, 11) is 0. The number of hydrazine groups is 1. The van der Waals surface area contributed by atoms with Gasteiger partial charge in [0.25, 0.3) is 0 Å². The maximum atomic E-state index is 11.8. The van der Waals surface area contributed by atoms with Gasteiger partial charge in [0.15, 0.2) is 0 Å². The Kier molecular flexibility index (Phi) is 3.55. The molecule has 1 aliphatic heterocycles. The van der Waals surface area contributed by atoms with Gasteiger partial charge in [-0.25, -0.2) is 14.8 Å². The van der Waals surface area contributed by atoms with Crippen molar-refractivity contribution in [3.8, 4) is 0 Å². The molecule has 0 radical (unpaired) electrons.